The molecule has 0 unspecified atom stereocenters. The Kier molecular flexibility index (Phi) is 4.82. The minimum absolute atomic E-state index is 0.0342. The van der Waals surface area contributed by atoms with Gasteiger partial charge in [0.15, 0.2) is 0 Å². The molecule has 0 saturated carbocycles. The summed E-state index contributed by atoms with van der Waals surface area (Å²) in [4.78, 5) is 21.3. The number of nitrogens with one attached hydrogen (secondary N) is 3. The molecule has 2 aromatic rings. The van der Waals surface area contributed by atoms with Gasteiger partial charge < -0.3 is 10.4 Å². The smallest absolute Gasteiger partial charge is 0.271 e. The van der Waals surface area contributed by atoms with Crippen LogP contribution < -0.4 is 10.9 Å². The van der Waals surface area contributed by atoms with Crippen molar-refractivity contribution in [1.82, 2.24) is 15.5 Å². The highest BCUT2D eigenvalue weighted by Gasteiger charge is 2.09. The molecule has 0 fully saturated rings. The van der Waals surface area contributed by atoms with Gasteiger partial charge in [-0.15, -0.1) is 0 Å². The zero-order valence-corrected chi connectivity index (χ0v) is 10.1. The number of hydrogen-bond donors (Lipinski definition) is 3. The molecule has 18 heavy (non-hydrogen) atoms. The second kappa shape index (κ2) is 6.36. The van der Waals surface area contributed by atoms with Gasteiger partial charge in [0.1, 0.15) is 0 Å². The van der Waals surface area contributed by atoms with Crippen LogP contribution >= 0.6 is 0 Å². The summed E-state index contributed by atoms with van der Waals surface area (Å²) in [5.41, 5.74) is 0.578. The van der Waals surface area contributed by atoms with Gasteiger partial charge in [0.25, 0.3) is 11.2 Å². The average molecular weight is 250 g/mol. The van der Waals surface area contributed by atoms with Gasteiger partial charge in [-0.25, -0.2) is 0 Å². The summed E-state index contributed by atoms with van der Waals surface area (Å²) in [6.07, 6.45) is 1.47. The van der Waals surface area contributed by atoms with Crippen molar-refractivity contribution in [1.29, 1.82) is 0 Å². The Bertz CT molecular complexity index is 573. The molecule has 0 atom stereocenters. The van der Waals surface area contributed by atoms with Crippen LogP contribution in [-0.2, 0) is 0 Å². The van der Waals surface area contributed by atoms with Crippen LogP contribution in [0.15, 0.2) is 35.3 Å². The van der Waals surface area contributed by atoms with Crippen molar-refractivity contribution in [2.24, 2.45) is 0 Å². The average Bonchev–Trinajstić information content (AvgIpc) is 2.77. The molecule has 7 heteroatoms. The maximum absolute atomic E-state index is 11.2. The Morgan fingerprint density at radius 1 is 1.33 bits per heavy atom. The highest BCUT2D eigenvalue weighted by molar-refractivity contribution is 5.64. The van der Waals surface area contributed by atoms with Crippen LogP contribution in [0.5, 0.6) is 0 Å². The number of aromatic amines is 2. The molecule has 7 nitrogen and oxygen atoms in total. The first-order valence-electron chi connectivity index (χ1n) is 5.19. The third kappa shape index (κ3) is 3.29. The predicted molar refractivity (Wildman–Crippen MR) is 68.5 cm³/mol. The minimum Gasteiger partial charge on any atom is -0.323 e. The van der Waals surface area contributed by atoms with E-state index in [0.717, 1.165) is 0 Å². The molecule has 1 heterocycles. The van der Waals surface area contributed by atoms with E-state index in [-0.39, 0.29) is 11.2 Å². The molecule has 0 amide bonds. The van der Waals surface area contributed by atoms with Gasteiger partial charge in [0.2, 0.25) is 0 Å². The molecular weight excluding hydrogens is 236 g/mol. The number of H-pyrrole nitrogens is 2. The maximum atomic E-state index is 11.2. The van der Waals surface area contributed by atoms with Gasteiger partial charge in [0.05, 0.1) is 10.5 Å². The number of rotatable bonds is 2. The molecular formula is C11H14N4O3. The monoisotopic (exact) mass is 250 g/mol. The van der Waals surface area contributed by atoms with Crippen LogP contribution in [0.1, 0.15) is 0 Å². The first-order valence-corrected chi connectivity index (χ1v) is 5.19. The first-order chi connectivity index (χ1) is 8.60. The molecule has 0 aliphatic carbocycles. The topological polar surface area (TPSA) is 104 Å². The highest BCUT2D eigenvalue weighted by atomic mass is 16.6. The van der Waals surface area contributed by atoms with Gasteiger partial charge in [0, 0.05) is 18.3 Å². The second-order valence-electron chi connectivity index (χ2n) is 3.46. The van der Waals surface area contributed by atoms with Crippen molar-refractivity contribution in [3.05, 3.63) is 50.9 Å². The van der Waals surface area contributed by atoms with E-state index >= 15 is 0 Å². The summed E-state index contributed by atoms with van der Waals surface area (Å²) in [5.74, 6) is 0. The van der Waals surface area contributed by atoms with Crippen LogP contribution in [0.4, 0.5) is 5.69 Å². The Hall–Kier alpha value is -2.41. The van der Waals surface area contributed by atoms with E-state index in [4.69, 9.17) is 0 Å². The SMILES string of the molecule is CNC.O=c1[nH][nH]cc1-c1cccc([N+](=O)[O-])c1. The fourth-order valence-corrected chi connectivity index (χ4v) is 1.31. The zero-order valence-electron chi connectivity index (χ0n) is 10.1. The third-order valence-electron chi connectivity index (χ3n) is 2.01. The van der Waals surface area contributed by atoms with Gasteiger partial charge in [-0.05, 0) is 19.7 Å². The van der Waals surface area contributed by atoms with Crippen molar-refractivity contribution in [3.8, 4) is 11.1 Å². The molecule has 1 aromatic carbocycles. The van der Waals surface area contributed by atoms with Crippen LogP contribution in [0.2, 0.25) is 0 Å². The fraction of sp³-hybridized carbons (Fsp3) is 0.182. The van der Waals surface area contributed by atoms with E-state index in [0.29, 0.717) is 11.1 Å². The van der Waals surface area contributed by atoms with Crippen molar-refractivity contribution in [2.75, 3.05) is 14.1 Å². The van der Waals surface area contributed by atoms with Crippen LogP contribution in [-0.4, -0.2) is 29.2 Å². The summed E-state index contributed by atoms with van der Waals surface area (Å²) in [6, 6.07) is 5.92. The van der Waals surface area contributed by atoms with E-state index in [1.807, 2.05) is 14.1 Å². The lowest BCUT2D eigenvalue weighted by Gasteiger charge is -1.95. The second-order valence-corrected chi connectivity index (χ2v) is 3.46. The summed E-state index contributed by atoms with van der Waals surface area (Å²) < 4.78 is 0. The molecule has 0 saturated heterocycles. The third-order valence-corrected chi connectivity index (χ3v) is 2.01. The molecule has 2 rings (SSSR count). The van der Waals surface area contributed by atoms with Crippen LogP contribution in [0.25, 0.3) is 11.1 Å². The molecule has 1 aromatic heterocycles. The van der Waals surface area contributed by atoms with Gasteiger partial charge in [-0.3, -0.25) is 20.0 Å². The van der Waals surface area contributed by atoms with Crippen LogP contribution in [0, 0.1) is 10.1 Å². The standard InChI is InChI=1S/C9H7N3O3.C2H7N/c13-9-8(5-10-11-9)6-2-1-3-7(4-6)12(14)15;1-3-2/h1-5H,(H2,10,11,13);3H,1-2H3. The Labute approximate surface area is 103 Å². The lowest BCUT2D eigenvalue weighted by atomic mass is 10.1. The van der Waals surface area contributed by atoms with Crippen molar-refractivity contribution < 1.29 is 4.92 Å². The Balaban J connectivity index is 0.000000492. The summed E-state index contributed by atoms with van der Waals surface area (Å²) in [7, 11) is 3.75. The number of non-ortho nitro benzene ring substituents is 1. The molecule has 0 aliphatic heterocycles. The van der Waals surface area contributed by atoms with E-state index in [1.165, 1.54) is 18.3 Å². The van der Waals surface area contributed by atoms with Gasteiger partial charge >= 0.3 is 0 Å². The first kappa shape index (κ1) is 13.7. The number of hydrogen-bond acceptors (Lipinski definition) is 4. The Morgan fingerprint density at radius 2 is 2.00 bits per heavy atom. The normalized spacial score (nSPS) is 9.44. The van der Waals surface area contributed by atoms with Crippen LogP contribution in [0.3, 0.4) is 0 Å². The number of aromatic nitrogens is 2. The molecule has 0 aliphatic rings. The minimum atomic E-state index is -0.496. The van der Waals surface area contributed by atoms with E-state index in [2.05, 4.69) is 15.5 Å². The maximum Gasteiger partial charge on any atom is 0.271 e. The van der Waals surface area contributed by atoms with Gasteiger partial charge in [-0.1, -0.05) is 12.1 Å². The molecule has 96 valence electrons. The summed E-state index contributed by atoms with van der Waals surface area (Å²) in [6.45, 7) is 0. The summed E-state index contributed by atoms with van der Waals surface area (Å²) >= 11 is 0. The van der Waals surface area contributed by atoms with E-state index in [9.17, 15) is 14.9 Å². The fourth-order valence-electron chi connectivity index (χ4n) is 1.31. The number of benzene rings is 1. The molecule has 0 radical (unpaired) electrons. The highest BCUT2D eigenvalue weighted by Crippen LogP contribution is 2.20. The lowest BCUT2D eigenvalue weighted by Crippen LogP contribution is -2.01. The molecule has 0 bridgehead atoms. The largest absolute Gasteiger partial charge is 0.323 e. The number of nitro groups is 1. The van der Waals surface area contributed by atoms with Crippen molar-refractivity contribution in [2.45, 2.75) is 0 Å². The Morgan fingerprint density at radius 3 is 2.50 bits per heavy atom. The van der Waals surface area contributed by atoms with E-state index in [1.54, 1.807) is 12.1 Å². The number of nitrogens with zero attached hydrogens (tertiary/aromatic N) is 1. The molecule has 0 spiro atoms. The van der Waals surface area contributed by atoms with Gasteiger partial charge in [-0.2, -0.15) is 0 Å². The zero-order chi connectivity index (χ0) is 13.5. The summed E-state index contributed by atoms with van der Waals surface area (Å²) in [5, 5.41) is 18.2. The van der Waals surface area contributed by atoms with E-state index < -0.39 is 4.92 Å². The quantitative estimate of drug-likeness (QED) is 0.548. The van der Waals surface area contributed by atoms with Crippen molar-refractivity contribution in [3.63, 3.8) is 0 Å². The predicted octanol–water partition coefficient (Wildman–Crippen LogP) is 1.11. The molecule has 3 N–H and O–H groups in total. The van der Waals surface area contributed by atoms with Crippen molar-refractivity contribution >= 4 is 5.69 Å². The lowest BCUT2D eigenvalue weighted by molar-refractivity contribution is -0.384. The number of nitro benzene ring substituents is 1.